The molecular weight excluding hydrogens is 408 g/mol. The molecule has 3 nitrogen and oxygen atoms in total. The Bertz CT molecular complexity index is 864. The third kappa shape index (κ3) is 3.03. The molecule has 0 aromatic carbocycles. The van der Waals surface area contributed by atoms with Gasteiger partial charge >= 0.3 is 0 Å². The van der Waals surface area contributed by atoms with Crippen LogP contribution in [0.15, 0.2) is 11.6 Å². The maximum atomic E-state index is 13.4. The highest BCUT2D eigenvalue weighted by molar-refractivity contribution is 6.01. The second kappa shape index (κ2) is 7.19. The largest absolute Gasteiger partial charge is 0.393 e. The lowest BCUT2D eigenvalue weighted by molar-refractivity contribution is -0.222. The van der Waals surface area contributed by atoms with E-state index in [4.69, 9.17) is 0 Å². The number of fused-ring (bicyclic) bond motifs is 5. The van der Waals surface area contributed by atoms with E-state index in [9.17, 15) is 15.0 Å². The predicted molar refractivity (Wildman–Crippen MR) is 132 cm³/mol. The summed E-state index contributed by atoms with van der Waals surface area (Å²) in [4.78, 5) is 13.4. The van der Waals surface area contributed by atoms with Crippen molar-refractivity contribution in [3.8, 4) is 0 Å². The zero-order valence-corrected chi connectivity index (χ0v) is 22.2. The minimum absolute atomic E-state index is 0.000269. The number of carbonyl (C=O) groups excluding carboxylic acids is 1. The molecule has 0 spiro atoms. The Balaban J connectivity index is 1.44. The molecule has 5 aliphatic carbocycles. The molecule has 0 heterocycles. The average Bonchev–Trinajstić information content (AvgIpc) is 3.25. The predicted octanol–water partition coefficient (Wildman–Crippen LogP) is 6.32. The molecule has 0 radical (unpaired) electrons. The van der Waals surface area contributed by atoms with Crippen molar-refractivity contribution >= 4 is 5.78 Å². The normalized spacial score (nSPS) is 51.5. The molecule has 0 saturated heterocycles. The molecule has 33 heavy (non-hydrogen) atoms. The molecule has 0 amide bonds. The second-order valence-electron chi connectivity index (χ2n) is 14.6. The van der Waals surface area contributed by atoms with Gasteiger partial charge in [0.2, 0.25) is 0 Å². The number of allylic oxidation sites excluding steroid dienone is 1. The van der Waals surface area contributed by atoms with E-state index in [0.717, 1.165) is 25.7 Å². The Hall–Kier alpha value is -0.670. The van der Waals surface area contributed by atoms with Crippen molar-refractivity contribution in [3.05, 3.63) is 11.6 Å². The second-order valence-corrected chi connectivity index (χ2v) is 14.6. The average molecular weight is 457 g/mol. The minimum atomic E-state index is -1.03. The fourth-order valence-electron chi connectivity index (χ4n) is 10.8. The minimum Gasteiger partial charge on any atom is -0.393 e. The first-order chi connectivity index (χ1) is 15.2. The van der Waals surface area contributed by atoms with Crippen LogP contribution in [0.25, 0.3) is 0 Å². The van der Waals surface area contributed by atoms with Crippen LogP contribution >= 0.6 is 0 Å². The van der Waals surface area contributed by atoms with E-state index >= 15 is 0 Å². The number of hydrogen-bond donors (Lipinski definition) is 2. The highest BCUT2D eigenvalue weighted by atomic mass is 16.3. The molecule has 0 aromatic rings. The molecule has 2 N–H and O–H groups in total. The van der Waals surface area contributed by atoms with Crippen LogP contribution in [0.5, 0.6) is 0 Å². The molecule has 186 valence electrons. The topological polar surface area (TPSA) is 57.5 Å². The molecule has 4 fully saturated rings. The standard InChI is InChI=1S/C30H48O3/c1-26(2)22-13-17-30(7)23(28(22,5)15-14-24(26)31)11-10-20-18(12-16-29(20,30)6)19-8-9-21(25(19)32)27(3,4)33/h9,18-20,22-24,31,33H,8,10-17H2,1-7H3. The van der Waals surface area contributed by atoms with Gasteiger partial charge in [0.1, 0.15) is 0 Å². The Kier molecular flexibility index (Phi) is 5.24. The highest BCUT2D eigenvalue weighted by Gasteiger charge is 2.69. The van der Waals surface area contributed by atoms with Gasteiger partial charge in [0.15, 0.2) is 5.78 Å². The lowest BCUT2D eigenvalue weighted by Gasteiger charge is -2.69. The van der Waals surface area contributed by atoms with E-state index in [0.29, 0.717) is 40.1 Å². The maximum absolute atomic E-state index is 13.4. The van der Waals surface area contributed by atoms with Crippen LogP contribution in [0.4, 0.5) is 0 Å². The van der Waals surface area contributed by atoms with Crippen LogP contribution in [-0.2, 0) is 4.79 Å². The van der Waals surface area contributed by atoms with E-state index in [1.807, 2.05) is 6.08 Å². The molecule has 9 atom stereocenters. The first kappa shape index (κ1) is 24.0. The van der Waals surface area contributed by atoms with Crippen molar-refractivity contribution in [2.75, 3.05) is 0 Å². The van der Waals surface area contributed by atoms with Gasteiger partial charge in [0.25, 0.3) is 0 Å². The monoisotopic (exact) mass is 456 g/mol. The summed E-state index contributed by atoms with van der Waals surface area (Å²) in [6.07, 6.45) is 12.2. The fourth-order valence-corrected chi connectivity index (χ4v) is 10.8. The molecule has 0 aliphatic heterocycles. The maximum Gasteiger partial charge on any atom is 0.165 e. The third-order valence-electron chi connectivity index (χ3n) is 12.8. The SMILES string of the molecule is CC(C)(O)C1=CCC(C2CCC3(C)C2CCC2C4(C)CCC(O)C(C)(C)C4CCC23C)C1=O. The summed E-state index contributed by atoms with van der Waals surface area (Å²) >= 11 is 0. The Morgan fingerprint density at radius 3 is 2.18 bits per heavy atom. The first-order valence-corrected chi connectivity index (χ1v) is 13.8. The van der Waals surface area contributed by atoms with Crippen molar-refractivity contribution in [2.24, 2.45) is 51.2 Å². The Morgan fingerprint density at radius 2 is 1.55 bits per heavy atom. The summed E-state index contributed by atoms with van der Waals surface area (Å²) < 4.78 is 0. The number of carbonyl (C=O) groups is 1. The Labute approximate surface area is 201 Å². The lowest BCUT2D eigenvalue weighted by Crippen LogP contribution is -2.63. The highest BCUT2D eigenvalue weighted by Crippen LogP contribution is 2.75. The van der Waals surface area contributed by atoms with E-state index < -0.39 is 5.60 Å². The van der Waals surface area contributed by atoms with E-state index in [1.54, 1.807) is 13.8 Å². The van der Waals surface area contributed by atoms with Gasteiger partial charge in [-0.05, 0) is 117 Å². The lowest BCUT2D eigenvalue weighted by atomic mass is 9.35. The van der Waals surface area contributed by atoms with E-state index in [2.05, 4.69) is 34.6 Å². The zero-order chi connectivity index (χ0) is 24.2. The van der Waals surface area contributed by atoms with Crippen LogP contribution in [0.1, 0.15) is 106 Å². The third-order valence-corrected chi connectivity index (χ3v) is 12.8. The summed E-state index contributed by atoms with van der Waals surface area (Å²) in [6.45, 7) is 15.9. The molecular formula is C30H48O3. The van der Waals surface area contributed by atoms with Gasteiger partial charge < -0.3 is 10.2 Å². The summed E-state index contributed by atoms with van der Waals surface area (Å²) in [6, 6.07) is 0. The van der Waals surface area contributed by atoms with Gasteiger partial charge in [0.05, 0.1) is 11.7 Å². The number of hydrogen-bond acceptors (Lipinski definition) is 3. The van der Waals surface area contributed by atoms with Gasteiger partial charge in [-0.1, -0.05) is 40.7 Å². The molecule has 0 aromatic heterocycles. The summed E-state index contributed by atoms with van der Waals surface area (Å²) in [5.41, 5.74) is 0.523. The molecule has 9 unspecified atom stereocenters. The number of Topliss-reactive ketones (excluding diaryl/α,β-unsaturated/α-hetero) is 1. The smallest absolute Gasteiger partial charge is 0.165 e. The number of aliphatic hydroxyl groups excluding tert-OH is 1. The van der Waals surface area contributed by atoms with Crippen LogP contribution in [0.3, 0.4) is 0 Å². The summed E-state index contributed by atoms with van der Waals surface area (Å²) in [5.74, 6) is 2.69. The number of aliphatic hydroxyl groups is 2. The first-order valence-electron chi connectivity index (χ1n) is 13.8. The van der Waals surface area contributed by atoms with Crippen LogP contribution in [0, 0.1) is 51.2 Å². The quantitative estimate of drug-likeness (QED) is 0.511. The number of rotatable bonds is 2. The summed E-state index contributed by atoms with van der Waals surface area (Å²) in [5, 5.41) is 21.4. The van der Waals surface area contributed by atoms with Crippen LogP contribution in [-0.4, -0.2) is 27.7 Å². The van der Waals surface area contributed by atoms with Gasteiger partial charge in [-0.25, -0.2) is 0 Å². The van der Waals surface area contributed by atoms with Crippen LogP contribution < -0.4 is 0 Å². The Morgan fingerprint density at radius 1 is 0.879 bits per heavy atom. The van der Waals surface area contributed by atoms with Gasteiger partial charge in [-0.2, -0.15) is 0 Å². The van der Waals surface area contributed by atoms with E-state index in [1.165, 1.54) is 32.1 Å². The van der Waals surface area contributed by atoms with Crippen molar-refractivity contribution < 1.29 is 15.0 Å². The fraction of sp³-hybridized carbons (Fsp3) is 0.900. The van der Waals surface area contributed by atoms with Crippen molar-refractivity contribution in [1.82, 2.24) is 0 Å². The number of ketones is 1. The van der Waals surface area contributed by atoms with Crippen molar-refractivity contribution in [2.45, 2.75) is 118 Å². The van der Waals surface area contributed by atoms with Gasteiger partial charge in [-0.15, -0.1) is 0 Å². The van der Waals surface area contributed by atoms with Crippen molar-refractivity contribution in [3.63, 3.8) is 0 Å². The van der Waals surface area contributed by atoms with Gasteiger partial charge in [-0.3, -0.25) is 4.79 Å². The van der Waals surface area contributed by atoms with Crippen molar-refractivity contribution in [1.29, 1.82) is 0 Å². The molecule has 5 rings (SSSR count). The van der Waals surface area contributed by atoms with E-state index in [-0.39, 0.29) is 28.6 Å². The summed E-state index contributed by atoms with van der Waals surface area (Å²) in [7, 11) is 0. The molecule has 5 aliphatic rings. The molecule has 0 bridgehead atoms. The molecule has 3 heteroatoms. The van der Waals surface area contributed by atoms with Gasteiger partial charge in [0, 0.05) is 11.5 Å². The molecule has 4 saturated carbocycles. The zero-order valence-electron chi connectivity index (χ0n) is 22.2. The van der Waals surface area contributed by atoms with Crippen LogP contribution in [0.2, 0.25) is 0 Å².